The topological polar surface area (TPSA) is 77.0 Å². The summed E-state index contributed by atoms with van der Waals surface area (Å²) in [5, 5.41) is 12.4. The van der Waals surface area contributed by atoms with Gasteiger partial charge in [-0.3, -0.25) is 9.48 Å². The van der Waals surface area contributed by atoms with Crippen molar-refractivity contribution >= 4 is 5.91 Å². The second-order valence-corrected chi connectivity index (χ2v) is 7.18. The second kappa shape index (κ2) is 6.98. The second-order valence-electron chi connectivity index (χ2n) is 7.18. The molecule has 0 radical (unpaired) electrons. The van der Waals surface area contributed by atoms with Crippen LogP contribution in [-0.2, 0) is 6.54 Å². The fraction of sp³-hybridized carbons (Fsp3) is 0.400. The normalized spacial score (nSPS) is 16.9. The largest absolute Gasteiger partial charge is 0.330 e. The molecule has 1 atom stereocenters. The van der Waals surface area contributed by atoms with Crippen molar-refractivity contribution in [2.45, 2.75) is 46.2 Å². The van der Waals surface area contributed by atoms with Gasteiger partial charge in [-0.05, 0) is 57.4 Å². The summed E-state index contributed by atoms with van der Waals surface area (Å²) >= 11 is 0. The summed E-state index contributed by atoms with van der Waals surface area (Å²) in [5.74, 6) is 0.0233. The SMILES string of the molecule is Cc1cc(C)n(Cc2cccc(C(=O)N3CCC[C@@H]3c3nonc3C)c2)n1. The first-order valence-corrected chi connectivity index (χ1v) is 9.23. The predicted octanol–water partition coefficient (Wildman–Crippen LogP) is 3.22. The Hall–Kier alpha value is -2.96. The van der Waals surface area contributed by atoms with Crippen molar-refractivity contribution in [3.05, 3.63) is 64.2 Å². The maximum absolute atomic E-state index is 13.2. The molecule has 3 aromatic rings. The number of rotatable bonds is 4. The molecular formula is C20H23N5O2. The van der Waals surface area contributed by atoms with E-state index in [0.29, 0.717) is 12.1 Å². The lowest BCUT2D eigenvalue weighted by atomic mass is 10.1. The molecule has 3 heterocycles. The minimum atomic E-state index is -0.0663. The average molecular weight is 365 g/mol. The molecule has 1 amide bonds. The van der Waals surface area contributed by atoms with E-state index in [1.54, 1.807) is 0 Å². The number of aryl methyl sites for hydroxylation is 3. The standard InChI is InChI=1S/C20H23N5O2/c1-13-10-14(2)25(21-13)12-16-6-4-7-17(11-16)20(26)24-9-5-8-18(24)19-15(3)22-27-23-19/h4,6-7,10-11,18H,5,8-9,12H2,1-3H3/t18-/m1/s1. The molecule has 1 saturated heterocycles. The van der Waals surface area contributed by atoms with Crippen LogP contribution in [0.25, 0.3) is 0 Å². The molecule has 0 bridgehead atoms. The van der Waals surface area contributed by atoms with Gasteiger partial charge in [-0.15, -0.1) is 0 Å². The molecule has 0 N–H and O–H groups in total. The van der Waals surface area contributed by atoms with Crippen LogP contribution in [0.15, 0.2) is 35.0 Å². The number of benzene rings is 1. The minimum Gasteiger partial charge on any atom is -0.330 e. The van der Waals surface area contributed by atoms with Crippen molar-refractivity contribution in [3.8, 4) is 0 Å². The van der Waals surface area contributed by atoms with Gasteiger partial charge >= 0.3 is 0 Å². The smallest absolute Gasteiger partial charge is 0.254 e. The molecule has 4 rings (SSSR count). The average Bonchev–Trinajstić information content (AvgIpc) is 3.35. The van der Waals surface area contributed by atoms with Crippen LogP contribution in [-0.4, -0.2) is 37.4 Å². The number of hydrogen-bond acceptors (Lipinski definition) is 5. The van der Waals surface area contributed by atoms with Gasteiger partial charge in [0.15, 0.2) is 0 Å². The highest BCUT2D eigenvalue weighted by atomic mass is 16.6. The summed E-state index contributed by atoms with van der Waals surface area (Å²) < 4.78 is 6.80. The van der Waals surface area contributed by atoms with E-state index < -0.39 is 0 Å². The number of nitrogens with zero attached hydrogens (tertiary/aromatic N) is 5. The van der Waals surface area contributed by atoms with Gasteiger partial charge in [-0.25, -0.2) is 4.63 Å². The van der Waals surface area contributed by atoms with Gasteiger partial charge in [0.1, 0.15) is 11.4 Å². The summed E-state index contributed by atoms with van der Waals surface area (Å²) in [4.78, 5) is 15.0. The summed E-state index contributed by atoms with van der Waals surface area (Å²) in [6.07, 6.45) is 1.83. The molecule has 7 heteroatoms. The predicted molar refractivity (Wildman–Crippen MR) is 99.3 cm³/mol. The van der Waals surface area contributed by atoms with Crippen LogP contribution < -0.4 is 0 Å². The van der Waals surface area contributed by atoms with E-state index in [-0.39, 0.29) is 11.9 Å². The minimum absolute atomic E-state index is 0.0233. The molecule has 2 aromatic heterocycles. The molecule has 27 heavy (non-hydrogen) atoms. The number of likely N-dealkylation sites (tertiary alicyclic amines) is 1. The van der Waals surface area contributed by atoms with Crippen molar-refractivity contribution < 1.29 is 9.42 Å². The molecule has 0 unspecified atom stereocenters. The Kier molecular flexibility index (Phi) is 4.51. The van der Waals surface area contributed by atoms with Crippen molar-refractivity contribution in [1.29, 1.82) is 0 Å². The Balaban J connectivity index is 1.57. The van der Waals surface area contributed by atoms with E-state index in [0.717, 1.165) is 47.7 Å². The van der Waals surface area contributed by atoms with E-state index in [4.69, 9.17) is 4.63 Å². The lowest BCUT2D eigenvalue weighted by Crippen LogP contribution is -2.31. The van der Waals surface area contributed by atoms with E-state index in [1.807, 2.05) is 54.6 Å². The van der Waals surface area contributed by atoms with Crippen LogP contribution in [0.4, 0.5) is 0 Å². The Bertz CT molecular complexity index is 974. The molecule has 0 aliphatic carbocycles. The summed E-state index contributed by atoms with van der Waals surface area (Å²) in [6, 6.07) is 9.78. The summed E-state index contributed by atoms with van der Waals surface area (Å²) in [6.45, 7) is 7.26. The zero-order valence-corrected chi connectivity index (χ0v) is 15.8. The highest BCUT2D eigenvalue weighted by molar-refractivity contribution is 5.94. The maximum Gasteiger partial charge on any atom is 0.254 e. The van der Waals surface area contributed by atoms with Crippen molar-refractivity contribution in [3.63, 3.8) is 0 Å². The fourth-order valence-corrected chi connectivity index (χ4v) is 3.81. The third-order valence-corrected chi connectivity index (χ3v) is 5.13. The number of amides is 1. The molecule has 1 fully saturated rings. The maximum atomic E-state index is 13.2. The van der Waals surface area contributed by atoms with Gasteiger partial charge in [0.2, 0.25) is 0 Å². The molecule has 1 aliphatic heterocycles. The first-order chi connectivity index (χ1) is 13.0. The van der Waals surface area contributed by atoms with Crippen molar-refractivity contribution in [2.24, 2.45) is 0 Å². The molecular weight excluding hydrogens is 342 g/mol. The Morgan fingerprint density at radius 2 is 2.07 bits per heavy atom. The molecule has 1 aliphatic rings. The molecule has 0 saturated carbocycles. The number of aromatic nitrogens is 4. The molecule has 1 aromatic carbocycles. The van der Waals surface area contributed by atoms with Crippen LogP contribution in [0.5, 0.6) is 0 Å². The lowest BCUT2D eigenvalue weighted by molar-refractivity contribution is 0.0730. The third-order valence-electron chi connectivity index (χ3n) is 5.13. The van der Waals surface area contributed by atoms with Gasteiger partial charge < -0.3 is 4.90 Å². The van der Waals surface area contributed by atoms with E-state index in [2.05, 4.69) is 21.5 Å². The van der Waals surface area contributed by atoms with Crippen LogP contribution >= 0.6 is 0 Å². The van der Waals surface area contributed by atoms with E-state index >= 15 is 0 Å². The van der Waals surface area contributed by atoms with Gasteiger partial charge in [0, 0.05) is 17.8 Å². The van der Waals surface area contributed by atoms with Crippen LogP contribution in [0, 0.1) is 20.8 Å². The zero-order valence-electron chi connectivity index (χ0n) is 15.8. The van der Waals surface area contributed by atoms with Crippen molar-refractivity contribution in [1.82, 2.24) is 25.0 Å². The van der Waals surface area contributed by atoms with Crippen LogP contribution in [0.1, 0.15) is 57.6 Å². The van der Waals surface area contributed by atoms with Gasteiger partial charge in [-0.1, -0.05) is 22.4 Å². The number of carbonyl (C=O) groups is 1. The third kappa shape index (κ3) is 3.37. The summed E-state index contributed by atoms with van der Waals surface area (Å²) in [5.41, 5.74) is 5.36. The van der Waals surface area contributed by atoms with E-state index in [1.165, 1.54) is 0 Å². The zero-order chi connectivity index (χ0) is 19.0. The van der Waals surface area contributed by atoms with Crippen LogP contribution in [0.3, 0.4) is 0 Å². The van der Waals surface area contributed by atoms with Gasteiger partial charge in [-0.2, -0.15) is 5.10 Å². The molecule has 7 nitrogen and oxygen atoms in total. The van der Waals surface area contributed by atoms with Gasteiger partial charge in [0.05, 0.1) is 18.3 Å². The number of carbonyl (C=O) groups excluding carboxylic acids is 1. The highest BCUT2D eigenvalue weighted by Crippen LogP contribution is 2.33. The fourth-order valence-electron chi connectivity index (χ4n) is 3.81. The highest BCUT2D eigenvalue weighted by Gasteiger charge is 2.34. The Labute approximate surface area is 157 Å². The molecule has 140 valence electrons. The Morgan fingerprint density at radius 3 is 2.78 bits per heavy atom. The van der Waals surface area contributed by atoms with Crippen LogP contribution in [0.2, 0.25) is 0 Å². The number of hydrogen-bond donors (Lipinski definition) is 0. The first kappa shape index (κ1) is 17.5. The monoisotopic (exact) mass is 365 g/mol. The van der Waals surface area contributed by atoms with Gasteiger partial charge in [0.25, 0.3) is 5.91 Å². The Morgan fingerprint density at radius 1 is 1.22 bits per heavy atom. The molecule has 0 spiro atoms. The summed E-state index contributed by atoms with van der Waals surface area (Å²) in [7, 11) is 0. The first-order valence-electron chi connectivity index (χ1n) is 9.23. The quantitative estimate of drug-likeness (QED) is 0.709. The van der Waals surface area contributed by atoms with E-state index in [9.17, 15) is 4.79 Å². The lowest BCUT2D eigenvalue weighted by Gasteiger charge is -2.23. The van der Waals surface area contributed by atoms with Crippen molar-refractivity contribution in [2.75, 3.05) is 6.54 Å².